The van der Waals surface area contributed by atoms with Crippen LogP contribution in [0.25, 0.3) is 0 Å². The van der Waals surface area contributed by atoms with Crippen molar-refractivity contribution < 1.29 is 14.3 Å². The second-order valence-electron chi connectivity index (χ2n) is 15.3. The maximum absolute atomic E-state index is 13.0. The number of carbonyl (C=O) groups is 2. The zero-order valence-electron chi connectivity index (χ0n) is 30.8. The largest absolute Gasteiger partial charge is 0.375 e. The summed E-state index contributed by atoms with van der Waals surface area (Å²) in [6.45, 7) is 14.0. The molecule has 0 aliphatic heterocycles. The molecule has 1 aliphatic carbocycles. The third kappa shape index (κ3) is 24.5. The van der Waals surface area contributed by atoms with Gasteiger partial charge in [-0.15, -0.1) is 0 Å². The van der Waals surface area contributed by atoms with E-state index in [4.69, 9.17) is 4.74 Å². The molecule has 2 N–H and O–H groups in total. The van der Waals surface area contributed by atoms with Gasteiger partial charge in [-0.2, -0.15) is 0 Å². The van der Waals surface area contributed by atoms with Crippen LogP contribution in [0, 0.1) is 5.92 Å². The van der Waals surface area contributed by atoms with E-state index < -0.39 is 0 Å². The molecule has 45 heavy (non-hydrogen) atoms. The molecule has 1 aliphatic rings. The van der Waals surface area contributed by atoms with E-state index in [1.165, 1.54) is 122 Å². The van der Waals surface area contributed by atoms with Crippen molar-refractivity contribution in [1.29, 1.82) is 0 Å². The molecule has 1 fully saturated rings. The number of rotatable bonds is 22. The average Bonchev–Trinajstić information content (AvgIpc) is 2.96. The van der Waals surface area contributed by atoms with Crippen LogP contribution < -0.4 is 10.6 Å². The van der Waals surface area contributed by atoms with Gasteiger partial charge in [0.1, 0.15) is 0 Å². The predicted molar refractivity (Wildman–Crippen MR) is 195 cm³/mol. The third-order valence-corrected chi connectivity index (χ3v) is 9.62. The molecular formula is C39H74BN2O3. The molecule has 1 unspecified atom stereocenters. The summed E-state index contributed by atoms with van der Waals surface area (Å²) in [6.07, 6.45) is 32.1. The van der Waals surface area contributed by atoms with Gasteiger partial charge in [-0.25, -0.2) is 0 Å². The topological polar surface area (TPSA) is 67.4 Å². The van der Waals surface area contributed by atoms with E-state index in [-0.39, 0.29) is 22.9 Å². The number of nitrogens with one attached hydrogen (secondary N) is 2. The Morgan fingerprint density at radius 3 is 1.91 bits per heavy atom. The van der Waals surface area contributed by atoms with Crippen molar-refractivity contribution in [3.63, 3.8) is 0 Å². The number of hydrogen-bond donors (Lipinski definition) is 2. The molecule has 1 radical (unpaired) electrons. The Morgan fingerprint density at radius 2 is 1.31 bits per heavy atom. The number of unbranched alkanes of at least 4 members (excludes halogenated alkanes) is 6. The molecule has 6 heteroatoms. The second-order valence-corrected chi connectivity index (χ2v) is 15.3. The Balaban J connectivity index is 2.38. The van der Waals surface area contributed by atoms with Crippen molar-refractivity contribution in [3.8, 4) is 0 Å². The fraction of sp³-hybridized carbons (Fsp3) is 0.897. The minimum absolute atomic E-state index is 0.00102. The number of amides is 2. The summed E-state index contributed by atoms with van der Waals surface area (Å²) in [5.41, 5.74) is -0.685. The number of carbonyl (C=O) groups excluding carboxylic acids is 2. The van der Waals surface area contributed by atoms with Gasteiger partial charge in [-0.1, -0.05) is 148 Å². The second kappa shape index (κ2) is 25.8. The van der Waals surface area contributed by atoms with Gasteiger partial charge in [0, 0.05) is 18.7 Å². The Labute approximate surface area is 280 Å². The molecular weight excluding hydrogens is 555 g/mol. The van der Waals surface area contributed by atoms with Crippen molar-refractivity contribution in [2.75, 3.05) is 13.2 Å². The molecule has 1 atom stereocenters. The highest BCUT2D eigenvalue weighted by Gasteiger charge is 2.25. The SMILES string of the molecule is CCCCCCCC(/C=C/C(=O)NCCC(C)(C)OCCC(C)(C)NC(=O)[B]C1CCCCCCCCCCC1)CCCCC. The van der Waals surface area contributed by atoms with E-state index >= 15 is 0 Å². The molecule has 0 heterocycles. The van der Waals surface area contributed by atoms with Gasteiger partial charge >= 0.3 is 0 Å². The zero-order valence-corrected chi connectivity index (χ0v) is 30.8. The van der Waals surface area contributed by atoms with Crippen LogP contribution in [-0.2, 0) is 9.53 Å². The quantitative estimate of drug-likeness (QED) is 0.0711. The van der Waals surface area contributed by atoms with Crippen LogP contribution in [0.1, 0.15) is 189 Å². The van der Waals surface area contributed by atoms with E-state index in [9.17, 15) is 9.59 Å². The standard InChI is InChI=1S/C39H74BN2O3/c1-7-9-11-17-21-25-34(24-20-10-8-2)28-29-36(43)41-32-30-39(5,6)45-33-31-38(3,4)42-37(44)40-35-26-22-18-15-13-12-14-16-19-23-27-35/h28-29,34-35H,7-27,30-33H2,1-6H3,(H,41,43)(H,42,44)/b29-28+. The van der Waals surface area contributed by atoms with Gasteiger partial charge in [-0.05, 0) is 65.4 Å². The maximum Gasteiger partial charge on any atom is 0.243 e. The van der Waals surface area contributed by atoms with Crippen LogP contribution in [0.5, 0.6) is 0 Å². The third-order valence-electron chi connectivity index (χ3n) is 9.62. The molecule has 0 aromatic heterocycles. The van der Waals surface area contributed by atoms with Crippen LogP contribution in [0.15, 0.2) is 12.2 Å². The summed E-state index contributed by atoms with van der Waals surface area (Å²) in [6, 6.07) is 0. The molecule has 2 amide bonds. The Morgan fingerprint density at radius 1 is 0.778 bits per heavy atom. The van der Waals surface area contributed by atoms with E-state index in [1.807, 2.05) is 7.28 Å². The Kier molecular flexibility index (Phi) is 23.9. The first-order valence-corrected chi connectivity index (χ1v) is 19.3. The van der Waals surface area contributed by atoms with Gasteiger partial charge < -0.3 is 15.4 Å². The van der Waals surface area contributed by atoms with Gasteiger partial charge in [0.05, 0.1) is 5.60 Å². The molecule has 0 aromatic rings. The van der Waals surface area contributed by atoms with Crippen molar-refractivity contribution in [3.05, 3.63) is 12.2 Å². The lowest BCUT2D eigenvalue weighted by molar-refractivity contribution is -0.116. The normalized spacial score (nSPS) is 16.9. The smallest absolute Gasteiger partial charge is 0.243 e. The highest BCUT2D eigenvalue weighted by molar-refractivity contribution is 6.74. The van der Waals surface area contributed by atoms with Crippen molar-refractivity contribution in [2.45, 2.75) is 206 Å². The van der Waals surface area contributed by atoms with Crippen molar-refractivity contribution in [2.24, 2.45) is 5.92 Å². The van der Waals surface area contributed by atoms with E-state index in [0.717, 1.165) is 25.7 Å². The molecule has 1 rings (SSSR count). The highest BCUT2D eigenvalue weighted by atomic mass is 16.5. The van der Waals surface area contributed by atoms with Gasteiger partial charge in [0.15, 0.2) is 5.81 Å². The van der Waals surface area contributed by atoms with Crippen molar-refractivity contribution in [1.82, 2.24) is 10.6 Å². The molecule has 0 aromatic carbocycles. The summed E-state index contributed by atoms with van der Waals surface area (Å²) < 4.78 is 6.25. The Hall–Kier alpha value is -1.30. The first-order valence-electron chi connectivity index (χ1n) is 19.3. The minimum atomic E-state index is -0.349. The van der Waals surface area contributed by atoms with Crippen LogP contribution in [-0.4, -0.2) is 43.3 Å². The lowest BCUT2D eigenvalue weighted by Gasteiger charge is -2.31. The molecule has 5 nitrogen and oxygen atoms in total. The molecule has 0 spiro atoms. The molecule has 1 saturated carbocycles. The fourth-order valence-corrected chi connectivity index (χ4v) is 6.44. The van der Waals surface area contributed by atoms with E-state index in [2.05, 4.69) is 58.3 Å². The average molecular weight is 630 g/mol. The Bertz CT molecular complexity index is 770. The van der Waals surface area contributed by atoms with Crippen LogP contribution >= 0.6 is 0 Å². The van der Waals surface area contributed by atoms with Crippen LogP contribution in [0.2, 0.25) is 5.82 Å². The first-order chi connectivity index (χ1) is 21.6. The molecule has 0 saturated heterocycles. The summed E-state index contributed by atoms with van der Waals surface area (Å²) in [5, 5.41) is 6.33. The fourth-order valence-electron chi connectivity index (χ4n) is 6.44. The van der Waals surface area contributed by atoms with Gasteiger partial charge in [0.25, 0.3) is 0 Å². The minimum Gasteiger partial charge on any atom is -0.375 e. The number of hydrogen-bond acceptors (Lipinski definition) is 3. The highest BCUT2D eigenvalue weighted by Crippen LogP contribution is 2.25. The van der Waals surface area contributed by atoms with Gasteiger partial charge in [0.2, 0.25) is 13.2 Å². The zero-order chi connectivity index (χ0) is 33.2. The van der Waals surface area contributed by atoms with Crippen molar-refractivity contribution >= 4 is 19.0 Å². The van der Waals surface area contributed by atoms with E-state index in [0.29, 0.717) is 24.9 Å². The first kappa shape index (κ1) is 41.7. The number of allylic oxidation sites excluding steroid dienone is 1. The summed E-state index contributed by atoms with van der Waals surface area (Å²) in [5.74, 6) is 0.961. The number of ether oxygens (including phenoxy) is 1. The summed E-state index contributed by atoms with van der Waals surface area (Å²) in [7, 11) is 1.97. The predicted octanol–water partition coefficient (Wildman–Crippen LogP) is 11.1. The van der Waals surface area contributed by atoms with Gasteiger partial charge in [-0.3, -0.25) is 9.59 Å². The summed E-state index contributed by atoms with van der Waals surface area (Å²) in [4.78, 5) is 25.5. The maximum atomic E-state index is 13.0. The summed E-state index contributed by atoms with van der Waals surface area (Å²) >= 11 is 0. The monoisotopic (exact) mass is 630 g/mol. The van der Waals surface area contributed by atoms with E-state index in [1.54, 1.807) is 6.08 Å². The van der Waals surface area contributed by atoms with Crippen LogP contribution in [0.3, 0.4) is 0 Å². The van der Waals surface area contributed by atoms with Crippen LogP contribution in [0.4, 0.5) is 4.79 Å². The molecule has 0 bridgehead atoms. The molecule has 261 valence electrons. The lowest BCUT2D eigenvalue weighted by atomic mass is 9.59. The lowest BCUT2D eigenvalue weighted by Crippen LogP contribution is -2.46.